The molecule has 0 aliphatic rings. The van der Waals surface area contributed by atoms with E-state index in [1.54, 1.807) is 0 Å². The molecule has 0 spiro atoms. The van der Waals surface area contributed by atoms with Crippen LogP contribution in [0.1, 0.15) is 18.4 Å². The summed E-state index contributed by atoms with van der Waals surface area (Å²) < 4.78 is 13.8. The zero-order valence-electron chi connectivity index (χ0n) is 7.61. The quantitative estimate of drug-likeness (QED) is 0.682. The molecule has 1 aromatic rings. The zero-order valence-corrected chi connectivity index (χ0v) is 7.61. The third-order valence-electron chi connectivity index (χ3n) is 1.47. The highest BCUT2D eigenvalue weighted by Crippen LogP contribution is 2.08. The summed E-state index contributed by atoms with van der Waals surface area (Å²) in [4.78, 5) is 21.1. The van der Waals surface area contributed by atoms with Crippen molar-refractivity contribution >= 4 is 5.97 Å². The minimum absolute atomic E-state index is 0.138. The first-order valence-electron chi connectivity index (χ1n) is 3.99. The van der Waals surface area contributed by atoms with Crippen LogP contribution in [-0.2, 0) is 22.6 Å². The first kappa shape index (κ1) is 10.5. The van der Waals surface area contributed by atoms with Gasteiger partial charge >= 0.3 is 11.8 Å². The minimum Gasteiger partial charge on any atom is -0.458 e. The summed E-state index contributed by atoms with van der Waals surface area (Å²) in [5.41, 5.74) is 0. The average molecular weight is 202 g/mol. The van der Waals surface area contributed by atoms with Crippen LogP contribution in [0.2, 0.25) is 0 Å². The molecule has 1 heterocycles. The summed E-state index contributed by atoms with van der Waals surface area (Å²) in [5, 5.41) is 8.62. The van der Waals surface area contributed by atoms with Gasteiger partial charge < -0.3 is 18.7 Å². The molecule has 0 unspecified atom stereocenters. The molecule has 6 heteroatoms. The van der Waals surface area contributed by atoms with Crippen molar-refractivity contribution in [3.8, 4) is 0 Å². The van der Waals surface area contributed by atoms with Crippen molar-refractivity contribution in [2.24, 2.45) is 0 Å². The Morgan fingerprint density at radius 3 is 2.64 bits per heavy atom. The Bertz CT molecular complexity index is 360. The number of aliphatic hydroxyl groups excluding tert-OH is 1. The number of carbonyl (C=O) groups is 1. The van der Waals surface area contributed by atoms with E-state index in [1.807, 2.05) is 0 Å². The van der Waals surface area contributed by atoms with Crippen molar-refractivity contribution < 1.29 is 23.5 Å². The summed E-state index contributed by atoms with van der Waals surface area (Å²) in [6, 6.07) is 0. The highest BCUT2D eigenvalue weighted by Gasteiger charge is 2.13. The summed E-state index contributed by atoms with van der Waals surface area (Å²) in [6.45, 7) is 0.913. The molecule has 0 atom stereocenters. The number of hydrogen-bond acceptors (Lipinski definition) is 6. The molecule has 0 saturated heterocycles. The second kappa shape index (κ2) is 4.61. The average Bonchev–Trinajstić information content (AvgIpc) is 2.44. The Hall–Kier alpha value is -1.56. The first-order valence-corrected chi connectivity index (χ1v) is 3.99. The van der Waals surface area contributed by atoms with E-state index in [0.717, 1.165) is 0 Å². The maximum Gasteiger partial charge on any atom is 0.519 e. The molecule has 0 aliphatic heterocycles. The van der Waals surface area contributed by atoms with Crippen LogP contribution in [0.3, 0.4) is 0 Å². The van der Waals surface area contributed by atoms with E-state index >= 15 is 0 Å². The van der Waals surface area contributed by atoms with Gasteiger partial charge in [0.2, 0.25) is 0 Å². The van der Waals surface area contributed by atoms with Gasteiger partial charge in [0.15, 0.2) is 18.1 Å². The van der Waals surface area contributed by atoms with E-state index < -0.39 is 11.8 Å². The van der Waals surface area contributed by atoms with Crippen LogP contribution in [0.5, 0.6) is 0 Å². The van der Waals surface area contributed by atoms with Crippen LogP contribution in [0.4, 0.5) is 0 Å². The van der Waals surface area contributed by atoms with Crippen LogP contribution in [0.15, 0.2) is 13.6 Å². The van der Waals surface area contributed by atoms with Crippen LogP contribution in [0.25, 0.3) is 0 Å². The van der Waals surface area contributed by atoms with Gasteiger partial charge in [0.1, 0.15) is 0 Å². The van der Waals surface area contributed by atoms with Gasteiger partial charge in [0, 0.05) is 13.3 Å². The number of aliphatic hydroxyl groups is 1. The molecule has 78 valence electrons. The molecule has 0 fully saturated rings. The Morgan fingerprint density at radius 2 is 2.07 bits per heavy atom. The Labute approximate surface area is 79.1 Å². The van der Waals surface area contributed by atoms with Gasteiger partial charge in [-0.3, -0.25) is 4.79 Å². The molecule has 0 radical (unpaired) electrons. The van der Waals surface area contributed by atoms with E-state index in [9.17, 15) is 9.59 Å². The van der Waals surface area contributed by atoms with Gasteiger partial charge in [0.05, 0.1) is 6.61 Å². The topological polar surface area (TPSA) is 89.9 Å². The fraction of sp³-hybridized carbons (Fsp3) is 0.500. The fourth-order valence-electron chi connectivity index (χ4n) is 0.905. The van der Waals surface area contributed by atoms with Crippen molar-refractivity contribution in [2.75, 3.05) is 6.61 Å². The summed E-state index contributed by atoms with van der Waals surface area (Å²) in [5.74, 6) is -1.00. The lowest BCUT2D eigenvalue weighted by atomic mass is 10.3. The number of ether oxygens (including phenoxy) is 1. The smallest absolute Gasteiger partial charge is 0.458 e. The lowest BCUT2D eigenvalue weighted by Gasteiger charge is -1.98. The summed E-state index contributed by atoms with van der Waals surface area (Å²) in [7, 11) is 0. The summed E-state index contributed by atoms with van der Waals surface area (Å²) >= 11 is 0. The van der Waals surface area contributed by atoms with Crippen molar-refractivity contribution in [3.63, 3.8) is 0 Å². The van der Waals surface area contributed by atoms with E-state index in [0.29, 0.717) is 0 Å². The molecule has 1 N–H and O–H groups in total. The third kappa shape index (κ3) is 2.74. The van der Waals surface area contributed by atoms with Crippen molar-refractivity contribution in [3.05, 3.63) is 22.1 Å². The molecule has 0 aliphatic carbocycles. The predicted molar refractivity (Wildman–Crippen MR) is 43.5 cm³/mol. The molecular weight excluding hydrogens is 192 g/mol. The predicted octanol–water partition coefficient (Wildman–Crippen LogP) is -0.169. The third-order valence-corrected chi connectivity index (χ3v) is 1.47. The standard InChI is InChI=1S/C8H10O6/c1-5(10)12-4-7-6(2-3-9)13-8(11)14-7/h9H,2-4H2,1H3. The zero-order chi connectivity index (χ0) is 10.6. The molecule has 0 bridgehead atoms. The largest absolute Gasteiger partial charge is 0.519 e. The van der Waals surface area contributed by atoms with Crippen molar-refractivity contribution in [2.45, 2.75) is 20.0 Å². The molecule has 1 aromatic heterocycles. The van der Waals surface area contributed by atoms with Crippen molar-refractivity contribution in [1.29, 1.82) is 0 Å². The van der Waals surface area contributed by atoms with Crippen molar-refractivity contribution in [1.82, 2.24) is 0 Å². The van der Waals surface area contributed by atoms with Gasteiger partial charge in [-0.25, -0.2) is 4.79 Å². The van der Waals surface area contributed by atoms with Crippen LogP contribution in [-0.4, -0.2) is 17.7 Å². The maximum atomic E-state index is 10.7. The molecule has 0 aromatic carbocycles. The highest BCUT2D eigenvalue weighted by molar-refractivity contribution is 5.65. The molecular formula is C8H10O6. The second-order valence-electron chi connectivity index (χ2n) is 2.55. The number of rotatable bonds is 4. The van der Waals surface area contributed by atoms with Gasteiger partial charge in [-0.1, -0.05) is 0 Å². The molecule has 6 nitrogen and oxygen atoms in total. The van der Waals surface area contributed by atoms with Crippen LogP contribution >= 0.6 is 0 Å². The monoisotopic (exact) mass is 202 g/mol. The fourth-order valence-corrected chi connectivity index (χ4v) is 0.905. The lowest BCUT2D eigenvalue weighted by Crippen LogP contribution is -2.01. The molecule has 0 amide bonds. The number of hydrogen-bond donors (Lipinski definition) is 1. The van der Waals surface area contributed by atoms with Gasteiger partial charge in [-0.05, 0) is 0 Å². The second-order valence-corrected chi connectivity index (χ2v) is 2.55. The Morgan fingerprint density at radius 1 is 1.43 bits per heavy atom. The van der Waals surface area contributed by atoms with E-state index in [1.165, 1.54) is 6.92 Å². The highest BCUT2D eigenvalue weighted by atomic mass is 16.6. The first-order chi connectivity index (χ1) is 6.63. The summed E-state index contributed by atoms with van der Waals surface area (Å²) in [6.07, 6.45) is 0.155. The normalized spacial score (nSPS) is 10.1. The lowest BCUT2D eigenvalue weighted by molar-refractivity contribution is -0.142. The molecule has 0 saturated carbocycles. The van der Waals surface area contributed by atoms with Gasteiger partial charge in [0.25, 0.3) is 0 Å². The molecule has 1 rings (SSSR count). The van der Waals surface area contributed by atoms with Crippen LogP contribution in [0, 0.1) is 0 Å². The van der Waals surface area contributed by atoms with E-state index in [2.05, 4.69) is 13.6 Å². The Kier molecular flexibility index (Phi) is 3.47. The van der Waals surface area contributed by atoms with E-state index in [-0.39, 0.29) is 31.2 Å². The van der Waals surface area contributed by atoms with Crippen LogP contribution < -0.4 is 5.82 Å². The minimum atomic E-state index is -0.865. The SMILES string of the molecule is CC(=O)OCc1oc(=O)oc1CCO. The Balaban J connectivity index is 2.73. The number of esters is 1. The maximum absolute atomic E-state index is 10.7. The van der Waals surface area contributed by atoms with E-state index in [4.69, 9.17) is 5.11 Å². The number of carbonyl (C=O) groups excluding carboxylic acids is 1. The van der Waals surface area contributed by atoms with Gasteiger partial charge in [-0.15, -0.1) is 0 Å². The molecule has 14 heavy (non-hydrogen) atoms. The van der Waals surface area contributed by atoms with Gasteiger partial charge in [-0.2, -0.15) is 0 Å².